The Labute approximate surface area is 160 Å². The van der Waals surface area contributed by atoms with Crippen molar-refractivity contribution in [2.75, 3.05) is 26.3 Å². The lowest BCUT2D eigenvalue weighted by molar-refractivity contribution is -0.0971. The Morgan fingerprint density at radius 2 is 2.00 bits per heavy atom. The molecular formula is C18H26IN3O2. The van der Waals surface area contributed by atoms with E-state index in [0.717, 1.165) is 49.0 Å². The minimum atomic E-state index is 0. The Hall–Kier alpha value is -1.28. The third-order valence-corrected chi connectivity index (χ3v) is 4.25. The van der Waals surface area contributed by atoms with Crippen LogP contribution in [0.3, 0.4) is 0 Å². The van der Waals surface area contributed by atoms with Crippen molar-refractivity contribution in [1.29, 1.82) is 0 Å². The summed E-state index contributed by atoms with van der Waals surface area (Å²) in [5, 5.41) is 7.85. The molecule has 1 saturated heterocycles. The number of aryl methyl sites for hydroxylation is 1. The van der Waals surface area contributed by atoms with Crippen LogP contribution in [0, 0.1) is 12.3 Å². The molecule has 1 aromatic carbocycles. The van der Waals surface area contributed by atoms with Crippen molar-refractivity contribution >= 4 is 40.9 Å². The van der Waals surface area contributed by atoms with E-state index >= 15 is 0 Å². The fourth-order valence-electron chi connectivity index (χ4n) is 2.72. The van der Waals surface area contributed by atoms with Gasteiger partial charge in [-0.15, -0.1) is 24.0 Å². The number of guanidine groups is 1. The van der Waals surface area contributed by atoms with Gasteiger partial charge < -0.3 is 19.8 Å². The predicted molar refractivity (Wildman–Crippen MR) is 108 cm³/mol. The highest BCUT2D eigenvalue weighted by Gasteiger charge is 2.33. The van der Waals surface area contributed by atoms with Gasteiger partial charge in [-0.05, 0) is 19.9 Å². The van der Waals surface area contributed by atoms with Crippen LogP contribution >= 0.6 is 24.0 Å². The fourth-order valence-corrected chi connectivity index (χ4v) is 2.72. The Bertz CT molecular complexity index is 707. The largest absolute Gasteiger partial charge is 0.459 e. The van der Waals surface area contributed by atoms with Crippen molar-refractivity contribution < 1.29 is 9.15 Å². The molecule has 0 radical (unpaired) electrons. The van der Waals surface area contributed by atoms with Gasteiger partial charge in [0.2, 0.25) is 0 Å². The maximum absolute atomic E-state index is 5.92. The number of halogens is 1. The molecule has 1 fully saturated rings. The van der Waals surface area contributed by atoms with Crippen LogP contribution in [0.2, 0.25) is 0 Å². The number of hydrogen-bond acceptors (Lipinski definition) is 3. The van der Waals surface area contributed by atoms with Gasteiger partial charge in [0.1, 0.15) is 17.9 Å². The van der Waals surface area contributed by atoms with Gasteiger partial charge in [-0.1, -0.05) is 25.1 Å². The number of furan rings is 1. The Kier molecular flexibility index (Phi) is 6.51. The van der Waals surface area contributed by atoms with Crippen molar-refractivity contribution in [3.05, 3.63) is 35.6 Å². The van der Waals surface area contributed by atoms with Gasteiger partial charge in [0.05, 0.1) is 13.2 Å². The molecule has 6 heteroatoms. The summed E-state index contributed by atoms with van der Waals surface area (Å²) in [6.45, 7) is 10.2. The zero-order valence-electron chi connectivity index (χ0n) is 14.5. The summed E-state index contributed by atoms with van der Waals surface area (Å²) in [5.41, 5.74) is 2.30. The Morgan fingerprint density at radius 3 is 2.62 bits per heavy atom. The zero-order valence-corrected chi connectivity index (χ0v) is 16.8. The molecule has 0 atom stereocenters. The molecule has 2 aromatic rings. The number of benzene rings is 1. The van der Waals surface area contributed by atoms with E-state index in [1.54, 1.807) is 0 Å². The molecular weight excluding hydrogens is 417 g/mol. The second-order valence-electron chi connectivity index (χ2n) is 6.50. The molecule has 24 heavy (non-hydrogen) atoms. The molecule has 132 valence electrons. The number of nitrogens with one attached hydrogen (secondary N) is 2. The summed E-state index contributed by atoms with van der Waals surface area (Å²) < 4.78 is 11.2. The van der Waals surface area contributed by atoms with Gasteiger partial charge in [-0.25, -0.2) is 4.99 Å². The highest BCUT2D eigenvalue weighted by molar-refractivity contribution is 14.0. The van der Waals surface area contributed by atoms with Crippen LogP contribution in [-0.4, -0.2) is 32.3 Å². The molecule has 0 saturated carbocycles. The molecule has 2 N–H and O–H groups in total. The summed E-state index contributed by atoms with van der Waals surface area (Å²) in [6, 6.07) is 8.11. The van der Waals surface area contributed by atoms with Gasteiger partial charge in [0.25, 0.3) is 0 Å². The standard InChI is InChI=1S/C18H25N3O2.HI/c1-4-19-17(21-10-18(3)11-22-12-18)20-9-16-13(2)14-7-5-6-8-15(14)23-16;/h5-8H,4,9-12H2,1-3H3,(H2,19,20,21);1H. The molecule has 0 spiro atoms. The van der Waals surface area contributed by atoms with Gasteiger partial charge in [0, 0.05) is 29.5 Å². The molecule has 3 rings (SSSR count). The van der Waals surface area contributed by atoms with E-state index in [1.807, 2.05) is 18.2 Å². The first kappa shape index (κ1) is 19.1. The van der Waals surface area contributed by atoms with Crippen LogP contribution < -0.4 is 10.6 Å². The average Bonchev–Trinajstić information content (AvgIpc) is 2.85. The quantitative estimate of drug-likeness (QED) is 0.422. The van der Waals surface area contributed by atoms with Crippen LogP contribution in [0.25, 0.3) is 11.0 Å². The SMILES string of the molecule is CCNC(=NCc1oc2ccccc2c1C)NCC1(C)COC1.I. The second kappa shape index (κ2) is 8.20. The van der Waals surface area contributed by atoms with E-state index in [-0.39, 0.29) is 29.4 Å². The number of hydrogen-bond donors (Lipinski definition) is 2. The number of fused-ring (bicyclic) bond motifs is 1. The van der Waals surface area contributed by atoms with Crippen LogP contribution in [0.4, 0.5) is 0 Å². The molecule has 2 heterocycles. The lowest BCUT2D eigenvalue weighted by atomic mass is 9.89. The smallest absolute Gasteiger partial charge is 0.191 e. The first-order chi connectivity index (χ1) is 11.1. The monoisotopic (exact) mass is 443 g/mol. The average molecular weight is 443 g/mol. The Balaban J connectivity index is 0.00000208. The van der Waals surface area contributed by atoms with Crippen LogP contribution in [0.5, 0.6) is 0 Å². The van der Waals surface area contributed by atoms with E-state index in [2.05, 4.69) is 42.5 Å². The summed E-state index contributed by atoms with van der Waals surface area (Å²) in [6.07, 6.45) is 0. The highest BCUT2D eigenvalue weighted by Crippen LogP contribution is 2.26. The normalized spacial score (nSPS) is 16.4. The summed E-state index contributed by atoms with van der Waals surface area (Å²) in [7, 11) is 0. The lowest BCUT2D eigenvalue weighted by Gasteiger charge is -2.38. The maximum atomic E-state index is 5.92. The lowest BCUT2D eigenvalue weighted by Crippen LogP contribution is -2.51. The third kappa shape index (κ3) is 4.22. The van der Waals surface area contributed by atoms with Gasteiger partial charge in [-0.3, -0.25) is 0 Å². The van der Waals surface area contributed by atoms with Crippen LogP contribution in [0.1, 0.15) is 25.2 Å². The number of ether oxygens (including phenoxy) is 1. The van der Waals surface area contributed by atoms with Crippen molar-refractivity contribution in [1.82, 2.24) is 10.6 Å². The predicted octanol–water partition coefficient (Wildman–Crippen LogP) is 3.45. The van der Waals surface area contributed by atoms with Crippen molar-refractivity contribution in [2.45, 2.75) is 27.3 Å². The van der Waals surface area contributed by atoms with E-state index in [0.29, 0.717) is 6.54 Å². The topological polar surface area (TPSA) is 58.8 Å². The molecule has 5 nitrogen and oxygen atoms in total. The third-order valence-electron chi connectivity index (χ3n) is 4.25. The minimum absolute atomic E-state index is 0. The van der Waals surface area contributed by atoms with E-state index in [9.17, 15) is 0 Å². The number of rotatable bonds is 5. The molecule has 1 aliphatic rings. The number of aliphatic imine (C=N–C) groups is 1. The first-order valence-corrected chi connectivity index (χ1v) is 8.18. The van der Waals surface area contributed by atoms with Gasteiger partial charge >= 0.3 is 0 Å². The highest BCUT2D eigenvalue weighted by atomic mass is 127. The van der Waals surface area contributed by atoms with Crippen molar-refractivity contribution in [3.63, 3.8) is 0 Å². The van der Waals surface area contributed by atoms with Crippen molar-refractivity contribution in [3.8, 4) is 0 Å². The van der Waals surface area contributed by atoms with E-state index < -0.39 is 0 Å². The molecule has 1 aliphatic heterocycles. The van der Waals surface area contributed by atoms with Gasteiger partial charge in [0.15, 0.2) is 5.96 Å². The van der Waals surface area contributed by atoms with Crippen LogP contribution in [0.15, 0.2) is 33.7 Å². The zero-order chi connectivity index (χ0) is 16.3. The molecule has 0 bridgehead atoms. The van der Waals surface area contributed by atoms with E-state index in [1.165, 1.54) is 5.56 Å². The summed E-state index contributed by atoms with van der Waals surface area (Å²) in [5.74, 6) is 1.74. The van der Waals surface area contributed by atoms with Crippen molar-refractivity contribution in [2.24, 2.45) is 10.4 Å². The van der Waals surface area contributed by atoms with Crippen LogP contribution in [-0.2, 0) is 11.3 Å². The summed E-state index contributed by atoms with van der Waals surface area (Å²) in [4.78, 5) is 4.66. The minimum Gasteiger partial charge on any atom is -0.459 e. The molecule has 0 amide bonds. The fraction of sp³-hybridized carbons (Fsp3) is 0.500. The number of nitrogens with zero attached hydrogens (tertiary/aromatic N) is 1. The molecule has 0 aliphatic carbocycles. The number of para-hydroxylation sites is 1. The first-order valence-electron chi connectivity index (χ1n) is 8.18. The van der Waals surface area contributed by atoms with Gasteiger partial charge in [-0.2, -0.15) is 0 Å². The Morgan fingerprint density at radius 1 is 1.25 bits per heavy atom. The van der Waals surface area contributed by atoms with E-state index in [4.69, 9.17) is 9.15 Å². The summed E-state index contributed by atoms with van der Waals surface area (Å²) >= 11 is 0. The molecule has 0 unspecified atom stereocenters. The molecule has 1 aromatic heterocycles. The maximum Gasteiger partial charge on any atom is 0.191 e. The second-order valence-corrected chi connectivity index (χ2v) is 6.50.